The number of aromatic nitrogens is 2. The van der Waals surface area contributed by atoms with E-state index in [0.29, 0.717) is 13.0 Å². The fourth-order valence-corrected chi connectivity index (χ4v) is 1.80. The lowest BCUT2D eigenvalue weighted by atomic mass is 10.2. The fourth-order valence-electron chi connectivity index (χ4n) is 1.80. The SMILES string of the molecule is COc1ccc(Cn2cnc(CCC(=O)O)c2)cc1. The number of hydrogen-bond acceptors (Lipinski definition) is 3. The lowest BCUT2D eigenvalue weighted by Crippen LogP contribution is -1.98. The number of hydrogen-bond donors (Lipinski definition) is 1. The molecule has 5 nitrogen and oxygen atoms in total. The maximum Gasteiger partial charge on any atom is 0.303 e. The third kappa shape index (κ3) is 3.84. The normalized spacial score (nSPS) is 10.4. The van der Waals surface area contributed by atoms with Crippen molar-refractivity contribution in [2.24, 2.45) is 0 Å². The number of imidazole rings is 1. The van der Waals surface area contributed by atoms with Gasteiger partial charge < -0.3 is 14.4 Å². The fraction of sp³-hybridized carbons (Fsp3) is 0.286. The van der Waals surface area contributed by atoms with Crippen LogP contribution in [0.25, 0.3) is 0 Å². The van der Waals surface area contributed by atoms with E-state index >= 15 is 0 Å². The Hall–Kier alpha value is -2.30. The molecule has 0 radical (unpaired) electrons. The molecule has 0 saturated heterocycles. The first-order valence-corrected chi connectivity index (χ1v) is 6.03. The number of aliphatic carboxylic acids is 1. The van der Waals surface area contributed by atoms with Gasteiger partial charge in [0.2, 0.25) is 0 Å². The standard InChI is InChI=1S/C14H16N2O3/c1-19-13-5-2-11(3-6-13)8-16-9-12(15-10-16)4-7-14(17)18/h2-3,5-6,9-10H,4,7-8H2,1H3,(H,17,18). The first-order chi connectivity index (χ1) is 9.17. The number of ether oxygens (including phenoxy) is 1. The van der Waals surface area contributed by atoms with E-state index in [1.807, 2.05) is 35.0 Å². The zero-order valence-electron chi connectivity index (χ0n) is 10.7. The van der Waals surface area contributed by atoms with Crippen LogP contribution in [0.15, 0.2) is 36.8 Å². The second kappa shape index (κ2) is 6.04. The lowest BCUT2D eigenvalue weighted by Gasteiger charge is -2.04. The van der Waals surface area contributed by atoms with Crippen molar-refractivity contribution < 1.29 is 14.6 Å². The lowest BCUT2D eigenvalue weighted by molar-refractivity contribution is -0.136. The van der Waals surface area contributed by atoms with Gasteiger partial charge in [0.05, 0.1) is 25.6 Å². The first kappa shape index (κ1) is 13.1. The second-order valence-electron chi connectivity index (χ2n) is 4.28. The van der Waals surface area contributed by atoms with Gasteiger partial charge in [0.25, 0.3) is 0 Å². The molecular formula is C14H16N2O3. The second-order valence-corrected chi connectivity index (χ2v) is 4.28. The topological polar surface area (TPSA) is 64.4 Å². The van der Waals surface area contributed by atoms with Crippen LogP contribution in [0.1, 0.15) is 17.7 Å². The molecule has 0 aliphatic carbocycles. The number of methoxy groups -OCH3 is 1. The van der Waals surface area contributed by atoms with Gasteiger partial charge in [0.15, 0.2) is 0 Å². The van der Waals surface area contributed by atoms with Crippen LogP contribution in [-0.4, -0.2) is 27.7 Å². The molecular weight excluding hydrogens is 244 g/mol. The van der Waals surface area contributed by atoms with Crippen LogP contribution in [0.3, 0.4) is 0 Å². The molecule has 0 amide bonds. The molecule has 0 saturated carbocycles. The average Bonchev–Trinajstić information content (AvgIpc) is 2.85. The Kier molecular flexibility index (Phi) is 4.18. The summed E-state index contributed by atoms with van der Waals surface area (Å²) in [6.07, 6.45) is 4.18. The molecule has 0 aliphatic heterocycles. The smallest absolute Gasteiger partial charge is 0.303 e. The zero-order chi connectivity index (χ0) is 13.7. The molecule has 19 heavy (non-hydrogen) atoms. The molecule has 5 heteroatoms. The van der Waals surface area contributed by atoms with Gasteiger partial charge in [-0.3, -0.25) is 4.79 Å². The van der Waals surface area contributed by atoms with Gasteiger partial charge in [-0.05, 0) is 17.7 Å². The largest absolute Gasteiger partial charge is 0.497 e. The third-order valence-corrected chi connectivity index (χ3v) is 2.81. The summed E-state index contributed by atoms with van der Waals surface area (Å²) in [6, 6.07) is 7.82. The predicted molar refractivity (Wildman–Crippen MR) is 70.3 cm³/mol. The number of rotatable bonds is 6. The van der Waals surface area contributed by atoms with Crippen LogP contribution in [0, 0.1) is 0 Å². The van der Waals surface area contributed by atoms with E-state index in [1.54, 1.807) is 13.4 Å². The quantitative estimate of drug-likeness (QED) is 0.862. The molecule has 1 aromatic carbocycles. The van der Waals surface area contributed by atoms with E-state index in [4.69, 9.17) is 9.84 Å². The summed E-state index contributed by atoms with van der Waals surface area (Å²) >= 11 is 0. The molecule has 1 heterocycles. The summed E-state index contributed by atoms with van der Waals surface area (Å²) in [5.41, 5.74) is 1.94. The molecule has 0 unspecified atom stereocenters. The number of carbonyl (C=O) groups is 1. The minimum Gasteiger partial charge on any atom is -0.497 e. The van der Waals surface area contributed by atoms with E-state index in [0.717, 1.165) is 17.0 Å². The number of aryl methyl sites for hydroxylation is 1. The molecule has 0 atom stereocenters. The maximum absolute atomic E-state index is 10.5. The van der Waals surface area contributed by atoms with Crippen molar-refractivity contribution in [1.29, 1.82) is 0 Å². The van der Waals surface area contributed by atoms with E-state index in [2.05, 4.69) is 4.98 Å². The van der Waals surface area contributed by atoms with E-state index < -0.39 is 5.97 Å². The molecule has 2 rings (SSSR count). The van der Waals surface area contributed by atoms with Crippen LogP contribution in [0.5, 0.6) is 5.75 Å². The summed E-state index contributed by atoms with van der Waals surface area (Å²) in [7, 11) is 1.64. The van der Waals surface area contributed by atoms with Crippen molar-refractivity contribution in [1.82, 2.24) is 9.55 Å². The Labute approximate surface area is 111 Å². The van der Waals surface area contributed by atoms with E-state index in [-0.39, 0.29) is 6.42 Å². The Bertz CT molecular complexity index is 546. The first-order valence-electron chi connectivity index (χ1n) is 6.03. The van der Waals surface area contributed by atoms with Crippen molar-refractivity contribution >= 4 is 5.97 Å². The predicted octanol–water partition coefficient (Wildman–Crippen LogP) is 1.96. The molecule has 2 aromatic rings. The van der Waals surface area contributed by atoms with E-state index in [1.165, 1.54) is 0 Å². The Morgan fingerprint density at radius 3 is 2.74 bits per heavy atom. The van der Waals surface area contributed by atoms with Crippen molar-refractivity contribution in [3.8, 4) is 5.75 Å². The zero-order valence-corrected chi connectivity index (χ0v) is 10.7. The monoisotopic (exact) mass is 260 g/mol. The van der Waals surface area contributed by atoms with E-state index in [9.17, 15) is 4.79 Å². The minimum atomic E-state index is -0.801. The summed E-state index contributed by atoms with van der Waals surface area (Å²) in [6.45, 7) is 0.712. The van der Waals surface area contributed by atoms with Crippen LogP contribution in [-0.2, 0) is 17.8 Å². The van der Waals surface area contributed by atoms with Crippen LogP contribution in [0.4, 0.5) is 0 Å². The molecule has 1 aromatic heterocycles. The Morgan fingerprint density at radius 2 is 2.11 bits per heavy atom. The maximum atomic E-state index is 10.5. The van der Waals surface area contributed by atoms with Gasteiger partial charge in [0, 0.05) is 19.2 Å². The number of benzene rings is 1. The van der Waals surface area contributed by atoms with Gasteiger partial charge in [-0.2, -0.15) is 0 Å². The van der Waals surface area contributed by atoms with Crippen molar-refractivity contribution in [3.63, 3.8) is 0 Å². The van der Waals surface area contributed by atoms with Crippen LogP contribution < -0.4 is 4.74 Å². The number of carboxylic acid groups (broad SMARTS) is 1. The average molecular weight is 260 g/mol. The molecule has 1 N–H and O–H groups in total. The minimum absolute atomic E-state index is 0.111. The van der Waals surface area contributed by atoms with Gasteiger partial charge >= 0.3 is 5.97 Å². The molecule has 100 valence electrons. The highest BCUT2D eigenvalue weighted by Gasteiger charge is 2.03. The third-order valence-electron chi connectivity index (χ3n) is 2.81. The van der Waals surface area contributed by atoms with Crippen molar-refractivity contribution in [2.45, 2.75) is 19.4 Å². The molecule has 0 fully saturated rings. The van der Waals surface area contributed by atoms with Crippen molar-refractivity contribution in [2.75, 3.05) is 7.11 Å². The number of carboxylic acids is 1. The Balaban J connectivity index is 1.96. The van der Waals surface area contributed by atoms with Gasteiger partial charge in [-0.1, -0.05) is 12.1 Å². The summed E-state index contributed by atoms with van der Waals surface area (Å²) in [4.78, 5) is 14.7. The number of nitrogens with zero attached hydrogens (tertiary/aromatic N) is 2. The summed E-state index contributed by atoms with van der Waals surface area (Å²) in [5, 5.41) is 8.62. The highest BCUT2D eigenvalue weighted by molar-refractivity contribution is 5.66. The van der Waals surface area contributed by atoms with Gasteiger partial charge in [-0.25, -0.2) is 4.98 Å². The molecule has 0 aliphatic rings. The highest BCUT2D eigenvalue weighted by atomic mass is 16.5. The molecule has 0 spiro atoms. The Morgan fingerprint density at radius 1 is 1.37 bits per heavy atom. The van der Waals surface area contributed by atoms with Crippen molar-refractivity contribution in [3.05, 3.63) is 48.0 Å². The van der Waals surface area contributed by atoms with Gasteiger partial charge in [0.1, 0.15) is 5.75 Å². The molecule has 0 bridgehead atoms. The van der Waals surface area contributed by atoms with Gasteiger partial charge in [-0.15, -0.1) is 0 Å². The summed E-state index contributed by atoms with van der Waals surface area (Å²) < 4.78 is 7.05. The highest BCUT2D eigenvalue weighted by Crippen LogP contribution is 2.12. The van der Waals surface area contributed by atoms with Crippen LogP contribution >= 0.6 is 0 Å². The summed E-state index contributed by atoms with van der Waals surface area (Å²) in [5.74, 6) is 0.0289. The van der Waals surface area contributed by atoms with Crippen LogP contribution in [0.2, 0.25) is 0 Å².